The molecule has 0 aromatic heterocycles. The Balaban J connectivity index is 0. The van der Waals surface area contributed by atoms with Gasteiger partial charge in [0, 0.05) is 6.04 Å². The van der Waals surface area contributed by atoms with Crippen LogP contribution in [-0.4, -0.2) is 44.4 Å². The second kappa shape index (κ2) is 12.6. The number of carbonyl (C=O) groups excluding carboxylic acids is 1. The van der Waals surface area contributed by atoms with E-state index in [-0.39, 0.29) is 0 Å². The Labute approximate surface area is 88.9 Å². The number of hydrogen-bond donors (Lipinski definition) is 1. The van der Waals surface area contributed by atoms with Gasteiger partial charge in [-0.05, 0) is 47.0 Å². The summed E-state index contributed by atoms with van der Waals surface area (Å²) in [6.07, 6.45) is 3.38. The zero-order valence-corrected chi connectivity index (χ0v) is 10.3. The lowest BCUT2D eigenvalue weighted by Gasteiger charge is -2.28. The van der Waals surface area contributed by atoms with E-state index in [9.17, 15) is 0 Å². The minimum atomic E-state index is 0.750. The molecule has 0 aromatic rings. The van der Waals surface area contributed by atoms with E-state index in [0.717, 1.165) is 12.3 Å². The predicted octanol–water partition coefficient (Wildman–Crippen LogP) is 1.53. The zero-order chi connectivity index (χ0) is 11.4. The Morgan fingerprint density at radius 1 is 1.29 bits per heavy atom. The summed E-state index contributed by atoms with van der Waals surface area (Å²) in [5, 5.41) is 3.30. The molecule has 1 heterocycles. The number of likely N-dealkylation sites (tertiary alicyclic amines) is 1. The molecule has 14 heavy (non-hydrogen) atoms. The van der Waals surface area contributed by atoms with E-state index in [2.05, 4.69) is 24.3 Å². The maximum absolute atomic E-state index is 8.81. The van der Waals surface area contributed by atoms with E-state index < -0.39 is 0 Å². The largest absolute Gasteiger partial charge is 0.317 e. The first-order chi connectivity index (χ1) is 6.74. The monoisotopic (exact) mass is 202 g/mol. The summed E-state index contributed by atoms with van der Waals surface area (Å²) in [6.45, 7) is 7.96. The van der Waals surface area contributed by atoms with Crippen LogP contribution in [0.5, 0.6) is 0 Å². The molecule has 0 aromatic carbocycles. The molecule has 0 saturated carbocycles. The van der Waals surface area contributed by atoms with Crippen LogP contribution in [0.4, 0.5) is 0 Å². The van der Waals surface area contributed by atoms with E-state index in [1.54, 1.807) is 0 Å². The Morgan fingerprint density at radius 3 is 1.93 bits per heavy atom. The van der Waals surface area contributed by atoms with Crippen molar-refractivity contribution in [2.75, 3.05) is 27.2 Å². The number of carbonyl (C=O) groups is 1. The molecule has 0 amide bonds. The van der Waals surface area contributed by atoms with Gasteiger partial charge in [-0.25, -0.2) is 0 Å². The van der Waals surface area contributed by atoms with E-state index >= 15 is 0 Å². The topological polar surface area (TPSA) is 32.3 Å². The first-order valence-electron chi connectivity index (χ1n) is 5.50. The minimum Gasteiger partial charge on any atom is -0.317 e. The fourth-order valence-electron chi connectivity index (χ4n) is 1.30. The molecular formula is C11H26N2O. The van der Waals surface area contributed by atoms with Gasteiger partial charge in [0.15, 0.2) is 0 Å². The van der Waals surface area contributed by atoms with E-state index in [4.69, 9.17) is 4.79 Å². The molecule has 3 heteroatoms. The summed E-state index contributed by atoms with van der Waals surface area (Å²) >= 11 is 0. The average Bonchev–Trinajstić information content (AvgIpc) is 2.23. The van der Waals surface area contributed by atoms with Gasteiger partial charge in [-0.15, -0.1) is 0 Å². The van der Waals surface area contributed by atoms with Crippen LogP contribution in [0.15, 0.2) is 0 Å². The molecule has 86 valence electrons. The van der Waals surface area contributed by atoms with Crippen molar-refractivity contribution in [3.63, 3.8) is 0 Å². The highest BCUT2D eigenvalue weighted by Gasteiger charge is 2.13. The fraction of sp³-hybridized carbons (Fsp3) is 0.909. The molecule has 1 rings (SSSR count). The van der Waals surface area contributed by atoms with Gasteiger partial charge in [0.25, 0.3) is 0 Å². The van der Waals surface area contributed by atoms with Gasteiger partial charge in [-0.2, -0.15) is 0 Å². The predicted molar refractivity (Wildman–Crippen MR) is 62.7 cm³/mol. The van der Waals surface area contributed by atoms with Crippen molar-refractivity contribution in [1.29, 1.82) is 0 Å². The zero-order valence-electron chi connectivity index (χ0n) is 10.3. The molecule has 1 aliphatic heterocycles. The quantitative estimate of drug-likeness (QED) is 0.655. The number of aldehydes is 1. The van der Waals surface area contributed by atoms with Gasteiger partial charge in [0.2, 0.25) is 0 Å². The van der Waals surface area contributed by atoms with Crippen LogP contribution < -0.4 is 5.32 Å². The Hall–Kier alpha value is -0.410. The van der Waals surface area contributed by atoms with Crippen LogP contribution in [0.1, 0.15) is 33.6 Å². The Morgan fingerprint density at radius 2 is 1.64 bits per heavy atom. The lowest BCUT2D eigenvalue weighted by molar-refractivity contribution is -0.106. The lowest BCUT2D eigenvalue weighted by Crippen LogP contribution is -2.39. The molecule has 0 unspecified atom stereocenters. The van der Waals surface area contributed by atoms with Crippen LogP contribution in [0.3, 0.4) is 0 Å². The average molecular weight is 202 g/mol. The maximum atomic E-state index is 8.81. The van der Waals surface area contributed by atoms with Crippen molar-refractivity contribution in [3.05, 3.63) is 0 Å². The SMILES string of the molecule is CC.CC=O.CNC1CCN(C)CC1. The molecule has 1 saturated heterocycles. The van der Waals surface area contributed by atoms with E-state index in [1.807, 2.05) is 13.8 Å². The van der Waals surface area contributed by atoms with Crippen molar-refractivity contribution >= 4 is 6.29 Å². The smallest absolute Gasteiger partial charge is 0.116 e. The van der Waals surface area contributed by atoms with Crippen molar-refractivity contribution in [2.24, 2.45) is 0 Å². The first kappa shape index (κ1) is 16.0. The first-order valence-corrected chi connectivity index (χ1v) is 5.50. The summed E-state index contributed by atoms with van der Waals surface area (Å²) < 4.78 is 0. The normalized spacial score (nSPS) is 17.2. The summed E-state index contributed by atoms with van der Waals surface area (Å²) in [4.78, 5) is 11.2. The van der Waals surface area contributed by atoms with Gasteiger partial charge in [0.1, 0.15) is 6.29 Å². The number of rotatable bonds is 1. The lowest BCUT2D eigenvalue weighted by atomic mass is 10.1. The molecule has 1 aliphatic rings. The van der Waals surface area contributed by atoms with Crippen molar-refractivity contribution in [3.8, 4) is 0 Å². The van der Waals surface area contributed by atoms with Crippen molar-refractivity contribution < 1.29 is 4.79 Å². The summed E-state index contributed by atoms with van der Waals surface area (Å²) in [7, 11) is 4.24. The number of nitrogens with one attached hydrogen (secondary N) is 1. The third-order valence-electron chi connectivity index (χ3n) is 2.13. The van der Waals surface area contributed by atoms with Gasteiger partial charge < -0.3 is 15.0 Å². The number of piperidine rings is 1. The summed E-state index contributed by atoms with van der Waals surface area (Å²) in [5.74, 6) is 0. The second-order valence-electron chi connectivity index (χ2n) is 3.10. The van der Waals surface area contributed by atoms with Gasteiger partial charge in [-0.1, -0.05) is 13.8 Å². The standard InChI is InChI=1S/C7H16N2.C2H4O.C2H6/c1-8-7-3-5-9(2)6-4-7;1-2-3;1-2/h7-8H,3-6H2,1-2H3;2H,1H3;1-2H3. The van der Waals surface area contributed by atoms with Crippen LogP contribution in [0.25, 0.3) is 0 Å². The minimum absolute atomic E-state index is 0.750. The highest BCUT2D eigenvalue weighted by molar-refractivity contribution is 5.44. The maximum Gasteiger partial charge on any atom is 0.116 e. The molecule has 0 radical (unpaired) electrons. The number of nitrogens with zero attached hydrogens (tertiary/aromatic N) is 1. The molecule has 0 bridgehead atoms. The molecule has 0 atom stereocenters. The fourth-order valence-corrected chi connectivity index (χ4v) is 1.30. The molecule has 1 N–H and O–H groups in total. The second-order valence-corrected chi connectivity index (χ2v) is 3.10. The molecular weight excluding hydrogens is 176 g/mol. The summed E-state index contributed by atoms with van der Waals surface area (Å²) in [6, 6.07) is 0.779. The Kier molecular flexibility index (Phi) is 14.4. The van der Waals surface area contributed by atoms with Crippen molar-refractivity contribution in [1.82, 2.24) is 10.2 Å². The van der Waals surface area contributed by atoms with Crippen LogP contribution in [0, 0.1) is 0 Å². The third-order valence-corrected chi connectivity index (χ3v) is 2.13. The number of hydrogen-bond acceptors (Lipinski definition) is 3. The van der Waals surface area contributed by atoms with Crippen LogP contribution in [-0.2, 0) is 4.79 Å². The molecule has 0 aliphatic carbocycles. The van der Waals surface area contributed by atoms with E-state index in [0.29, 0.717) is 0 Å². The highest BCUT2D eigenvalue weighted by atomic mass is 16.1. The molecule has 0 spiro atoms. The van der Waals surface area contributed by atoms with E-state index in [1.165, 1.54) is 32.9 Å². The molecule has 3 nitrogen and oxygen atoms in total. The van der Waals surface area contributed by atoms with Crippen LogP contribution in [0.2, 0.25) is 0 Å². The Bertz CT molecular complexity index is 110. The highest BCUT2D eigenvalue weighted by Crippen LogP contribution is 2.06. The summed E-state index contributed by atoms with van der Waals surface area (Å²) in [5.41, 5.74) is 0. The van der Waals surface area contributed by atoms with Gasteiger partial charge in [-0.3, -0.25) is 0 Å². The molecule has 1 fully saturated rings. The van der Waals surface area contributed by atoms with Crippen LogP contribution >= 0.6 is 0 Å². The third kappa shape index (κ3) is 9.68. The van der Waals surface area contributed by atoms with Gasteiger partial charge in [0.05, 0.1) is 0 Å². The van der Waals surface area contributed by atoms with Gasteiger partial charge >= 0.3 is 0 Å². The van der Waals surface area contributed by atoms with Crippen molar-refractivity contribution in [2.45, 2.75) is 39.7 Å².